The molecule has 6 heteroatoms. The zero-order valence-corrected chi connectivity index (χ0v) is 14.3. The number of rotatable bonds is 5. The summed E-state index contributed by atoms with van der Waals surface area (Å²) in [4.78, 5) is 37.4. The summed E-state index contributed by atoms with van der Waals surface area (Å²) in [6.07, 6.45) is 8.55. The van der Waals surface area contributed by atoms with Crippen LogP contribution in [-0.4, -0.2) is 41.4 Å². The van der Waals surface area contributed by atoms with E-state index in [-0.39, 0.29) is 24.4 Å². The number of nitrogens with one attached hydrogen (secondary N) is 2. The fourth-order valence-corrected chi connectivity index (χ4v) is 3.38. The van der Waals surface area contributed by atoms with Crippen LogP contribution < -0.4 is 10.6 Å². The lowest BCUT2D eigenvalue weighted by Crippen LogP contribution is -2.44. The van der Waals surface area contributed by atoms with Crippen LogP contribution in [0.15, 0.2) is 0 Å². The van der Waals surface area contributed by atoms with Gasteiger partial charge in [-0.15, -0.1) is 0 Å². The molecule has 0 radical (unpaired) electrons. The van der Waals surface area contributed by atoms with Crippen LogP contribution in [-0.2, 0) is 9.59 Å². The maximum absolute atomic E-state index is 12.2. The van der Waals surface area contributed by atoms with Gasteiger partial charge >= 0.3 is 6.03 Å². The smallest absolute Gasteiger partial charge is 0.325 e. The summed E-state index contributed by atoms with van der Waals surface area (Å²) in [6.45, 7) is 3.84. The molecule has 1 saturated heterocycles. The second kappa shape index (κ2) is 8.31. The quantitative estimate of drug-likeness (QED) is 0.761. The molecule has 2 rings (SSSR count). The Balaban J connectivity index is 1.84. The van der Waals surface area contributed by atoms with Gasteiger partial charge in [0.15, 0.2) is 0 Å². The van der Waals surface area contributed by atoms with Crippen molar-refractivity contribution in [3.63, 3.8) is 0 Å². The normalized spacial score (nSPS) is 23.6. The minimum absolute atomic E-state index is 0.171. The highest BCUT2D eigenvalue weighted by atomic mass is 16.2. The van der Waals surface area contributed by atoms with Crippen molar-refractivity contribution in [3.05, 3.63) is 0 Å². The first-order valence-electron chi connectivity index (χ1n) is 8.88. The van der Waals surface area contributed by atoms with Crippen molar-refractivity contribution >= 4 is 17.8 Å². The van der Waals surface area contributed by atoms with Crippen LogP contribution in [0.3, 0.4) is 0 Å². The minimum Gasteiger partial charge on any atom is -0.352 e. The van der Waals surface area contributed by atoms with E-state index in [9.17, 15) is 14.4 Å². The van der Waals surface area contributed by atoms with Gasteiger partial charge in [0.25, 0.3) is 5.91 Å². The van der Waals surface area contributed by atoms with Gasteiger partial charge in [-0.25, -0.2) is 4.79 Å². The van der Waals surface area contributed by atoms with Gasteiger partial charge in [-0.1, -0.05) is 46.0 Å². The molecular weight excluding hydrogens is 294 g/mol. The molecule has 1 unspecified atom stereocenters. The van der Waals surface area contributed by atoms with E-state index < -0.39 is 12.1 Å². The molecule has 0 bridgehead atoms. The van der Waals surface area contributed by atoms with Crippen molar-refractivity contribution in [2.75, 3.05) is 6.54 Å². The third-order valence-electron chi connectivity index (χ3n) is 4.59. The Bertz CT molecular complexity index is 442. The van der Waals surface area contributed by atoms with Crippen LogP contribution in [0.25, 0.3) is 0 Å². The topological polar surface area (TPSA) is 78.5 Å². The van der Waals surface area contributed by atoms with E-state index in [4.69, 9.17) is 0 Å². The Labute approximate surface area is 138 Å². The van der Waals surface area contributed by atoms with Crippen LogP contribution in [0.1, 0.15) is 65.2 Å². The molecule has 0 spiro atoms. The first-order chi connectivity index (χ1) is 11.0. The van der Waals surface area contributed by atoms with Gasteiger partial charge in [-0.3, -0.25) is 14.5 Å². The Morgan fingerprint density at radius 3 is 2.39 bits per heavy atom. The van der Waals surface area contributed by atoms with E-state index in [2.05, 4.69) is 10.6 Å². The van der Waals surface area contributed by atoms with E-state index in [0.29, 0.717) is 12.3 Å². The molecule has 1 atom stereocenters. The van der Waals surface area contributed by atoms with Crippen LogP contribution >= 0.6 is 0 Å². The lowest BCUT2D eigenvalue weighted by molar-refractivity contribution is -0.132. The van der Waals surface area contributed by atoms with Crippen molar-refractivity contribution in [1.29, 1.82) is 0 Å². The molecular formula is C17H29N3O3. The fraction of sp³-hybridized carbons (Fsp3) is 0.824. The summed E-state index contributed by atoms with van der Waals surface area (Å²) in [5, 5.41) is 5.67. The second-order valence-corrected chi connectivity index (χ2v) is 7.17. The third kappa shape index (κ3) is 5.22. The number of amides is 4. The molecule has 23 heavy (non-hydrogen) atoms. The average molecular weight is 323 g/mol. The molecule has 1 aliphatic heterocycles. The average Bonchev–Trinajstić information content (AvgIpc) is 2.69. The predicted molar refractivity (Wildman–Crippen MR) is 87.7 cm³/mol. The Morgan fingerprint density at radius 2 is 1.78 bits per heavy atom. The number of hydrogen-bond donors (Lipinski definition) is 2. The fourth-order valence-electron chi connectivity index (χ4n) is 3.38. The van der Waals surface area contributed by atoms with Gasteiger partial charge in [0.05, 0.1) is 0 Å². The zero-order chi connectivity index (χ0) is 16.8. The number of carbonyl (C=O) groups excluding carboxylic acids is 3. The van der Waals surface area contributed by atoms with Crippen LogP contribution in [0.5, 0.6) is 0 Å². The van der Waals surface area contributed by atoms with Gasteiger partial charge in [-0.05, 0) is 25.2 Å². The number of nitrogens with zero attached hydrogens (tertiary/aromatic N) is 1. The lowest BCUT2D eigenvalue weighted by atomic mass is 9.97. The highest BCUT2D eigenvalue weighted by Gasteiger charge is 2.39. The molecule has 0 aromatic rings. The monoisotopic (exact) mass is 323 g/mol. The molecule has 6 nitrogen and oxygen atoms in total. The largest absolute Gasteiger partial charge is 0.352 e. The first-order valence-corrected chi connectivity index (χ1v) is 8.88. The molecule has 2 N–H and O–H groups in total. The van der Waals surface area contributed by atoms with Gasteiger partial charge < -0.3 is 10.6 Å². The van der Waals surface area contributed by atoms with Crippen molar-refractivity contribution in [2.24, 2.45) is 5.92 Å². The van der Waals surface area contributed by atoms with Crippen molar-refractivity contribution < 1.29 is 14.4 Å². The highest BCUT2D eigenvalue weighted by molar-refractivity contribution is 6.06. The van der Waals surface area contributed by atoms with E-state index >= 15 is 0 Å². The van der Waals surface area contributed by atoms with E-state index in [1.54, 1.807) is 0 Å². The Kier molecular flexibility index (Phi) is 6.42. The molecule has 130 valence electrons. The highest BCUT2D eigenvalue weighted by Crippen LogP contribution is 2.17. The molecule has 1 aliphatic carbocycles. The number of carbonyl (C=O) groups is 3. The summed E-state index contributed by atoms with van der Waals surface area (Å²) in [6, 6.07) is -0.764. The Hall–Kier alpha value is -1.59. The van der Waals surface area contributed by atoms with Crippen molar-refractivity contribution in [2.45, 2.75) is 77.3 Å². The van der Waals surface area contributed by atoms with Gasteiger partial charge in [0, 0.05) is 6.04 Å². The second-order valence-electron chi connectivity index (χ2n) is 7.17. The molecule has 2 fully saturated rings. The summed E-state index contributed by atoms with van der Waals surface area (Å²) in [5.74, 6) is -0.200. The SMILES string of the molecule is CC(C)CC1NC(=O)N(CC(=O)NC2CCCCCCC2)C1=O. The first kappa shape index (κ1) is 17.8. The van der Waals surface area contributed by atoms with E-state index in [1.807, 2.05) is 13.8 Å². The predicted octanol–water partition coefficient (Wildman–Crippen LogP) is 2.18. The number of hydrogen-bond acceptors (Lipinski definition) is 3. The zero-order valence-electron chi connectivity index (χ0n) is 14.3. The Morgan fingerprint density at radius 1 is 1.17 bits per heavy atom. The maximum atomic E-state index is 12.2. The standard InChI is InChI=1S/C17H29N3O3/c1-12(2)10-14-16(22)20(17(23)19-14)11-15(21)18-13-8-6-4-3-5-7-9-13/h12-14H,3-11H2,1-2H3,(H,18,21)(H,19,23). The summed E-state index contributed by atoms with van der Waals surface area (Å²) in [7, 11) is 0. The summed E-state index contributed by atoms with van der Waals surface area (Å²) < 4.78 is 0. The molecule has 4 amide bonds. The molecule has 1 saturated carbocycles. The van der Waals surface area contributed by atoms with Gasteiger partial charge in [0.2, 0.25) is 5.91 Å². The number of urea groups is 1. The molecule has 0 aromatic heterocycles. The van der Waals surface area contributed by atoms with E-state index in [0.717, 1.165) is 30.6 Å². The van der Waals surface area contributed by atoms with Gasteiger partial charge in [0.1, 0.15) is 12.6 Å². The van der Waals surface area contributed by atoms with Crippen molar-refractivity contribution in [1.82, 2.24) is 15.5 Å². The lowest BCUT2D eigenvalue weighted by Gasteiger charge is -2.22. The third-order valence-corrected chi connectivity index (χ3v) is 4.59. The number of imide groups is 1. The van der Waals surface area contributed by atoms with Gasteiger partial charge in [-0.2, -0.15) is 0 Å². The van der Waals surface area contributed by atoms with Crippen LogP contribution in [0.2, 0.25) is 0 Å². The molecule has 0 aromatic carbocycles. The summed E-state index contributed by atoms with van der Waals surface area (Å²) in [5.41, 5.74) is 0. The van der Waals surface area contributed by atoms with Crippen LogP contribution in [0, 0.1) is 5.92 Å². The van der Waals surface area contributed by atoms with Crippen molar-refractivity contribution in [3.8, 4) is 0 Å². The van der Waals surface area contributed by atoms with E-state index in [1.165, 1.54) is 19.3 Å². The maximum Gasteiger partial charge on any atom is 0.325 e. The summed E-state index contributed by atoms with van der Waals surface area (Å²) >= 11 is 0. The molecule has 2 aliphatic rings. The van der Waals surface area contributed by atoms with Crippen LogP contribution in [0.4, 0.5) is 4.79 Å². The molecule has 1 heterocycles. The minimum atomic E-state index is -0.489.